The highest BCUT2D eigenvalue weighted by atomic mass is 19.2. The summed E-state index contributed by atoms with van der Waals surface area (Å²) in [6.07, 6.45) is 0. The van der Waals surface area contributed by atoms with E-state index in [1.165, 1.54) is 0 Å². The van der Waals surface area contributed by atoms with Gasteiger partial charge in [0.2, 0.25) is 0 Å². The number of nitro benzene ring substituents is 1. The van der Waals surface area contributed by atoms with Gasteiger partial charge in [-0.15, -0.1) is 0 Å². The monoisotopic (exact) mass is 319 g/mol. The zero-order valence-electron chi connectivity index (χ0n) is 10.8. The van der Waals surface area contributed by atoms with Crippen molar-refractivity contribution in [3.63, 3.8) is 0 Å². The summed E-state index contributed by atoms with van der Waals surface area (Å²) in [6, 6.07) is 1.32. The van der Waals surface area contributed by atoms with Gasteiger partial charge in [-0.05, 0) is 6.07 Å². The molecule has 0 atom stereocenters. The van der Waals surface area contributed by atoms with Crippen LogP contribution in [0, 0.1) is 39.2 Å². The molecule has 0 amide bonds. The van der Waals surface area contributed by atoms with Crippen LogP contribution in [0.5, 0.6) is 5.75 Å². The molecule has 0 spiro atoms. The lowest BCUT2D eigenvalue weighted by Gasteiger charge is -2.09. The van der Waals surface area contributed by atoms with Crippen molar-refractivity contribution in [1.29, 1.82) is 0 Å². The molecule has 2 aromatic carbocycles. The smallest absolute Gasteiger partial charge is 0.311 e. The van der Waals surface area contributed by atoms with Crippen LogP contribution >= 0.6 is 0 Å². The Balaban J connectivity index is 2.78. The Labute approximate surface area is 119 Å². The van der Waals surface area contributed by atoms with Crippen molar-refractivity contribution in [2.75, 3.05) is 7.11 Å². The fourth-order valence-corrected chi connectivity index (χ4v) is 1.83. The number of nitro groups is 1. The quantitative estimate of drug-likeness (QED) is 0.283. The van der Waals surface area contributed by atoms with Crippen LogP contribution in [0.1, 0.15) is 0 Å². The summed E-state index contributed by atoms with van der Waals surface area (Å²) < 4.78 is 71.5. The van der Waals surface area contributed by atoms with E-state index in [4.69, 9.17) is 0 Å². The summed E-state index contributed by atoms with van der Waals surface area (Å²) in [6.45, 7) is 0. The fraction of sp³-hybridized carbons (Fsp3) is 0.0769. The molecule has 0 heterocycles. The highest BCUT2D eigenvalue weighted by Crippen LogP contribution is 2.36. The average Bonchev–Trinajstić information content (AvgIpc) is 2.48. The van der Waals surface area contributed by atoms with Gasteiger partial charge in [-0.1, -0.05) is 0 Å². The van der Waals surface area contributed by atoms with E-state index in [0.717, 1.165) is 7.11 Å². The van der Waals surface area contributed by atoms with E-state index in [0.29, 0.717) is 12.1 Å². The van der Waals surface area contributed by atoms with E-state index < -0.39 is 56.6 Å². The van der Waals surface area contributed by atoms with Gasteiger partial charge in [0.25, 0.3) is 0 Å². The fourth-order valence-electron chi connectivity index (χ4n) is 1.83. The van der Waals surface area contributed by atoms with Crippen LogP contribution in [-0.4, -0.2) is 12.0 Å². The molecule has 0 aromatic heterocycles. The van der Waals surface area contributed by atoms with Gasteiger partial charge in [-0.25, -0.2) is 22.0 Å². The first kappa shape index (κ1) is 15.7. The number of ether oxygens (including phenoxy) is 1. The van der Waals surface area contributed by atoms with Gasteiger partial charge >= 0.3 is 5.69 Å². The lowest BCUT2D eigenvalue weighted by Crippen LogP contribution is -2.01. The molecule has 0 unspecified atom stereocenters. The Hall–Kier alpha value is -2.71. The molecule has 0 saturated heterocycles. The van der Waals surface area contributed by atoms with Crippen LogP contribution in [0.25, 0.3) is 11.1 Å². The normalized spacial score (nSPS) is 10.6. The first-order chi connectivity index (χ1) is 10.3. The number of benzene rings is 2. The van der Waals surface area contributed by atoms with Crippen LogP contribution < -0.4 is 4.74 Å². The zero-order valence-corrected chi connectivity index (χ0v) is 10.8. The van der Waals surface area contributed by atoms with E-state index in [9.17, 15) is 32.1 Å². The molecular formula is C13H6F5NO3. The van der Waals surface area contributed by atoms with Crippen LogP contribution in [0.15, 0.2) is 18.2 Å². The summed E-state index contributed by atoms with van der Waals surface area (Å²) in [7, 11) is 1.04. The summed E-state index contributed by atoms with van der Waals surface area (Å²) in [5.41, 5.74) is -2.54. The molecule has 0 aliphatic carbocycles. The maximum Gasteiger partial charge on any atom is 0.311 e. The molecule has 116 valence electrons. The lowest BCUT2D eigenvalue weighted by molar-refractivity contribution is -0.385. The van der Waals surface area contributed by atoms with Gasteiger partial charge < -0.3 is 4.74 Å². The van der Waals surface area contributed by atoms with Crippen molar-refractivity contribution in [1.82, 2.24) is 0 Å². The van der Waals surface area contributed by atoms with E-state index in [1.54, 1.807) is 0 Å². The molecule has 0 radical (unpaired) electrons. The predicted molar refractivity (Wildman–Crippen MR) is 64.9 cm³/mol. The minimum atomic E-state index is -2.15. The van der Waals surface area contributed by atoms with Crippen molar-refractivity contribution in [2.45, 2.75) is 0 Å². The van der Waals surface area contributed by atoms with Gasteiger partial charge in [-0.3, -0.25) is 10.1 Å². The van der Waals surface area contributed by atoms with Crippen molar-refractivity contribution in [3.8, 4) is 16.9 Å². The molecule has 2 rings (SSSR count). The summed E-state index contributed by atoms with van der Waals surface area (Å²) in [5, 5.41) is 10.8. The standard InChI is InChI=1S/C13H6F5NO3/c1-22-10-4-7(14)5(3-9(10)19(20)21)6-2-8(15)12(17)13(18)11(6)16/h2-4H,1H3. The number of hydrogen-bond donors (Lipinski definition) is 0. The third-order valence-corrected chi connectivity index (χ3v) is 2.86. The molecule has 0 saturated carbocycles. The second kappa shape index (κ2) is 5.58. The first-order valence-electron chi connectivity index (χ1n) is 5.63. The van der Waals surface area contributed by atoms with Crippen molar-refractivity contribution in [2.24, 2.45) is 0 Å². The third kappa shape index (κ3) is 2.45. The summed E-state index contributed by atoms with van der Waals surface area (Å²) in [4.78, 5) is 9.90. The molecule has 0 N–H and O–H groups in total. The molecule has 0 fully saturated rings. The van der Waals surface area contributed by atoms with E-state index in [-0.39, 0.29) is 6.07 Å². The van der Waals surface area contributed by atoms with E-state index in [2.05, 4.69) is 4.74 Å². The highest BCUT2D eigenvalue weighted by Gasteiger charge is 2.25. The van der Waals surface area contributed by atoms with E-state index >= 15 is 0 Å². The van der Waals surface area contributed by atoms with Gasteiger partial charge in [0.15, 0.2) is 29.0 Å². The molecule has 2 aromatic rings. The minimum Gasteiger partial charge on any atom is -0.490 e. The van der Waals surface area contributed by atoms with Crippen LogP contribution in [0.4, 0.5) is 27.6 Å². The second-order valence-electron chi connectivity index (χ2n) is 4.11. The average molecular weight is 319 g/mol. The molecule has 0 aliphatic rings. The minimum absolute atomic E-state index is 0.211. The summed E-state index contributed by atoms with van der Waals surface area (Å²) in [5.74, 6) is -9.52. The molecular weight excluding hydrogens is 313 g/mol. The SMILES string of the molecule is COc1cc(F)c(-c2cc(F)c(F)c(F)c2F)cc1[N+](=O)[O-]. The number of hydrogen-bond acceptors (Lipinski definition) is 3. The maximum absolute atomic E-state index is 13.9. The Morgan fingerprint density at radius 2 is 1.55 bits per heavy atom. The van der Waals surface area contributed by atoms with Crippen LogP contribution in [-0.2, 0) is 0 Å². The Morgan fingerprint density at radius 3 is 2.09 bits per heavy atom. The van der Waals surface area contributed by atoms with Crippen molar-refractivity contribution in [3.05, 3.63) is 57.4 Å². The van der Waals surface area contributed by atoms with Gasteiger partial charge in [0.1, 0.15) is 5.82 Å². The van der Waals surface area contributed by atoms with Crippen LogP contribution in [0.3, 0.4) is 0 Å². The number of nitrogens with zero attached hydrogens (tertiary/aromatic N) is 1. The molecule has 4 nitrogen and oxygen atoms in total. The van der Waals surface area contributed by atoms with Gasteiger partial charge in [0, 0.05) is 23.3 Å². The number of halogens is 5. The largest absolute Gasteiger partial charge is 0.490 e. The van der Waals surface area contributed by atoms with Crippen molar-refractivity contribution < 1.29 is 31.6 Å². The number of methoxy groups -OCH3 is 1. The lowest BCUT2D eigenvalue weighted by atomic mass is 10.0. The third-order valence-electron chi connectivity index (χ3n) is 2.86. The van der Waals surface area contributed by atoms with Crippen LogP contribution in [0.2, 0.25) is 0 Å². The Kier molecular flexibility index (Phi) is 3.98. The predicted octanol–water partition coefficient (Wildman–Crippen LogP) is 3.97. The zero-order chi connectivity index (χ0) is 16.6. The Morgan fingerprint density at radius 1 is 0.909 bits per heavy atom. The molecule has 0 aliphatic heterocycles. The molecule has 22 heavy (non-hydrogen) atoms. The highest BCUT2D eigenvalue weighted by molar-refractivity contribution is 5.70. The van der Waals surface area contributed by atoms with Gasteiger partial charge in [-0.2, -0.15) is 0 Å². The second-order valence-corrected chi connectivity index (χ2v) is 4.11. The summed E-state index contributed by atoms with van der Waals surface area (Å²) >= 11 is 0. The van der Waals surface area contributed by atoms with E-state index in [1.807, 2.05) is 0 Å². The Bertz CT molecular complexity index is 779. The molecule has 0 bridgehead atoms. The first-order valence-corrected chi connectivity index (χ1v) is 5.63. The number of rotatable bonds is 3. The van der Waals surface area contributed by atoms with Gasteiger partial charge in [0.05, 0.1) is 12.0 Å². The molecule has 9 heteroatoms. The van der Waals surface area contributed by atoms with Crippen molar-refractivity contribution >= 4 is 5.69 Å². The maximum atomic E-state index is 13.9. The topological polar surface area (TPSA) is 52.4 Å².